The first kappa shape index (κ1) is 9.43. The highest BCUT2D eigenvalue weighted by Gasteiger charge is 2.03. The minimum absolute atomic E-state index is 0.679. The third-order valence-electron chi connectivity index (χ3n) is 2.20. The fourth-order valence-electron chi connectivity index (χ4n) is 1.39. The SMILES string of the molecule is Cc1c(Br)ccc2ccc(NN)nc12. The molecule has 0 aliphatic rings. The number of pyridine rings is 1. The molecule has 0 aliphatic carbocycles. The number of nitrogens with one attached hydrogen (secondary N) is 1. The molecule has 2 aromatic rings. The lowest BCUT2D eigenvalue weighted by molar-refractivity contribution is 1.25. The number of nitrogens with zero attached hydrogens (tertiary/aromatic N) is 1. The summed E-state index contributed by atoms with van der Waals surface area (Å²) in [5.41, 5.74) is 4.63. The number of benzene rings is 1. The molecule has 0 saturated heterocycles. The lowest BCUT2D eigenvalue weighted by Gasteiger charge is -2.05. The van der Waals surface area contributed by atoms with Crippen LogP contribution in [-0.4, -0.2) is 4.98 Å². The van der Waals surface area contributed by atoms with Crippen LogP contribution in [0.5, 0.6) is 0 Å². The second kappa shape index (κ2) is 3.55. The number of aromatic nitrogens is 1. The Kier molecular flexibility index (Phi) is 2.39. The summed E-state index contributed by atoms with van der Waals surface area (Å²) in [6.45, 7) is 2.03. The number of nitrogen functional groups attached to an aromatic ring is 1. The number of hydrogen-bond donors (Lipinski definition) is 2. The number of rotatable bonds is 1. The maximum Gasteiger partial charge on any atom is 0.140 e. The van der Waals surface area contributed by atoms with Crippen molar-refractivity contribution in [1.82, 2.24) is 4.98 Å². The van der Waals surface area contributed by atoms with Crippen molar-refractivity contribution >= 4 is 32.7 Å². The van der Waals surface area contributed by atoms with Gasteiger partial charge in [-0.3, -0.25) is 0 Å². The summed E-state index contributed by atoms with van der Waals surface area (Å²) in [6, 6.07) is 7.90. The Bertz CT molecular complexity index is 482. The van der Waals surface area contributed by atoms with E-state index in [1.165, 1.54) is 0 Å². The van der Waals surface area contributed by atoms with Crippen molar-refractivity contribution in [3.05, 3.63) is 34.3 Å². The predicted octanol–water partition coefficient (Wildman–Crippen LogP) is 2.59. The van der Waals surface area contributed by atoms with Gasteiger partial charge in [-0.25, -0.2) is 10.8 Å². The number of anilines is 1. The van der Waals surface area contributed by atoms with Crippen molar-refractivity contribution in [2.45, 2.75) is 6.92 Å². The molecular weight excluding hydrogens is 242 g/mol. The molecule has 0 aliphatic heterocycles. The van der Waals surface area contributed by atoms with E-state index in [0.717, 1.165) is 20.9 Å². The first-order valence-corrected chi connectivity index (χ1v) is 5.04. The van der Waals surface area contributed by atoms with Crippen LogP contribution in [-0.2, 0) is 0 Å². The van der Waals surface area contributed by atoms with Crippen LogP contribution in [0.15, 0.2) is 28.7 Å². The van der Waals surface area contributed by atoms with Crippen molar-refractivity contribution in [2.24, 2.45) is 5.84 Å². The second-order valence-electron chi connectivity index (χ2n) is 3.08. The molecule has 14 heavy (non-hydrogen) atoms. The zero-order valence-electron chi connectivity index (χ0n) is 7.71. The van der Waals surface area contributed by atoms with E-state index in [-0.39, 0.29) is 0 Å². The van der Waals surface area contributed by atoms with E-state index in [4.69, 9.17) is 5.84 Å². The van der Waals surface area contributed by atoms with Crippen molar-refractivity contribution in [2.75, 3.05) is 5.43 Å². The molecule has 0 spiro atoms. The number of hydrogen-bond acceptors (Lipinski definition) is 3. The van der Waals surface area contributed by atoms with Gasteiger partial charge in [0.15, 0.2) is 0 Å². The van der Waals surface area contributed by atoms with Gasteiger partial charge < -0.3 is 5.43 Å². The Morgan fingerprint density at radius 2 is 2.00 bits per heavy atom. The normalized spacial score (nSPS) is 10.5. The van der Waals surface area contributed by atoms with Crippen LogP contribution in [0.1, 0.15) is 5.56 Å². The molecule has 0 atom stereocenters. The largest absolute Gasteiger partial charge is 0.308 e. The number of halogens is 1. The molecule has 4 heteroatoms. The van der Waals surface area contributed by atoms with Gasteiger partial charge in [0, 0.05) is 9.86 Å². The molecule has 1 heterocycles. The highest BCUT2D eigenvalue weighted by Crippen LogP contribution is 2.25. The Hall–Kier alpha value is -1.13. The topological polar surface area (TPSA) is 50.9 Å². The van der Waals surface area contributed by atoms with Gasteiger partial charge >= 0.3 is 0 Å². The van der Waals surface area contributed by atoms with Crippen LogP contribution in [0.3, 0.4) is 0 Å². The summed E-state index contributed by atoms with van der Waals surface area (Å²) >= 11 is 3.47. The Balaban J connectivity index is 2.78. The van der Waals surface area contributed by atoms with E-state index in [2.05, 4.69) is 26.3 Å². The zero-order chi connectivity index (χ0) is 10.1. The third-order valence-corrected chi connectivity index (χ3v) is 3.06. The van der Waals surface area contributed by atoms with E-state index in [1.807, 2.05) is 31.2 Å². The lowest BCUT2D eigenvalue weighted by atomic mass is 10.1. The number of fused-ring (bicyclic) bond motifs is 1. The van der Waals surface area contributed by atoms with Crippen LogP contribution in [0, 0.1) is 6.92 Å². The molecule has 0 amide bonds. The first-order valence-electron chi connectivity index (χ1n) is 4.25. The van der Waals surface area contributed by atoms with Gasteiger partial charge in [-0.1, -0.05) is 22.0 Å². The highest BCUT2D eigenvalue weighted by molar-refractivity contribution is 9.10. The monoisotopic (exact) mass is 251 g/mol. The van der Waals surface area contributed by atoms with E-state index in [0.29, 0.717) is 5.82 Å². The first-order chi connectivity index (χ1) is 6.72. The minimum atomic E-state index is 0.679. The Labute approximate surface area is 90.4 Å². The summed E-state index contributed by atoms with van der Waals surface area (Å²) in [5, 5.41) is 1.12. The Morgan fingerprint density at radius 1 is 1.29 bits per heavy atom. The molecular formula is C10H10BrN3. The van der Waals surface area contributed by atoms with Crippen LogP contribution >= 0.6 is 15.9 Å². The second-order valence-corrected chi connectivity index (χ2v) is 3.94. The molecule has 0 saturated carbocycles. The molecule has 1 aromatic heterocycles. The van der Waals surface area contributed by atoms with E-state index < -0.39 is 0 Å². The van der Waals surface area contributed by atoms with Crippen LogP contribution in [0.4, 0.5) is 5.82 Å². The smallest absolute Gasteiger partial charge is 0.140 e. The molecule has 3 N–H and O–H groups in total. The lowest BCUT2D eigenvalue weighted by Crippen LogP contribution is -2.08. The number of hydrazine groups is 1. The van der Waals surface area contributed by atoms with Crippen LogP contribution < -0.4 is 11.3 Å². The van der Waals surface area contributed by atoms with Crippen LogP contribution in [0.25, 0.3) is 10.9 Å². The molecule has 1 aromatic carbocycles. The van der Waals surface area contributed by atoms with Gasteiger partial charge in [0.2, 0.25) is 0 Å². The van der Waals surface area contributed by atoms with Crippen molar-refractivity contribution in [3.8, 4) is 0 Å². The van der Waals surface area contributed by atoms with Gasteiger partial charge in [-0.2, -0.15) is 0 Å². The van der Waals surface area contributed by atoms with E-state index in [1.54, 1.807) is 0 Å². The highest BCUT2D eigenvalue weighted by atomic mass is 79.9. The average Bonchev–Trinajstić information content (AvgIpc) is 2.23. The van der Waals surface area contributed by atoms with E-state index in [9.17, 15) is 0 Å². The maximum absolute atomic E-state index is 5.30. The number of aryl methyl sites for hydroxylation is 1. The standard InChI is InChI=1S/C10H10BrN3/c1-6-8(11)4-2-7-3-5-9(14-12)13-10(6)7/h2-5H,12H2,1H3,(H,13,14). The molecule has 3 nitrogen and oxygen atoms in total. The summed E-state index contributed by atoms with van der Waals surface area (Å²) in [6.07, 6.45) is 0. The van der Waals surface area contributed by atoms with Gasteiger partial charge in [0.1, 0.15) is 5.82 Å². The summed E-state index contributed by atoms with van der Waals surface area (Å²) < 4.78 is 1.06. The minimum Gasteiger partial charge on any atom is -0.308 e. The number of nitrogens with two attached hydrogens (primary N) is 1. The molecule has 2 rings (SSSR count). The fourth-order valence-corrected chi connectivity index (χ4v) is 1.71. The van der Waals surface area contributed by atoms with Gasteiger partial charge in [-0.05, 0) is 30.7 Å². The summed E-state index contributed by atoms with van der Waals surface area (Å²) in [7, 11) is 0. The summed E-state index contributed by atoms with van der Waals surface area (Å²) in [4.78, 5) is 4.39. The van der Waals surface area contributed by atoms with Crippen molar-refractivity contribution < 1.29 is 0 Å². The summed E-state index contributed by atoms with van der Waals surface area (Å²) in [5.74, 6) is 5.98. The molecule has 0 fully saturated rings. The molecule has 0 unspecified atom stereocenters. The quantitative estimate of drug-likeness (QED) is 0.605. The molecule has 0 bridgehead atoms. The van der Waals surface area contributed by atoms with Gasteiger partial charge in [0.25, 0.3) is 0 Å². The Morgan fingerprint density at radius 3 is 2.71 bits per heavy atom. The predicted molar refractivity (Wildman–Crippen MR) is 62.0 cm³/mol. The molecule has 0 radical (unpaired) electrons. The molecule has 72 valence electrons. The maximum atomic E-state index is 5.30. The van der Waals surface area contributed by atoms with Crippen LogP contribution in [0.2, 0.25) is 0 Å². The van der Waals surface area contributed by atoms with E-state index >= 15 is 0 Å². The fraction of sp³-hybridized carbons (Fsp3) is 0.100. The van der Waals surface area contributed by atoms with Gasteiger partial charge in [0.05, 0.1) is 5.52 Å². The van der Waals surface area contributed by atoms with Crippen molar-refractivity contribution in [3.63, 3.8) is 0 Å². The van der Waals surface area contributed by atoms with Crippen molar-refractivity contribution in [1.29, 1.82) is 0 Å². The average molecular weight is 252 g/mol. The third kappa shape index (κ3) is 1.47. The van der Waals surface area contributed by atoms with Gasteiger partial charge in [-0.15, -0.1) is 0 Å². The zero-order valence-corrected chi connectivity index (χ0v) is 9.30.